The first-order valence-electron chi connectivity index (χ1n) is 19.1. The highest BCUT2D eigenvalue weighted by Crippen LogP contribution is 2.48. The molecule has 0 saturated heterocycles. The molecule has 0 bridgehead atoms. The smallest absolute Gasteiger partial charge is 0.422 e. The van der Waals surface area contributed by atoms with Gasteiger partial charge in [0.15, 0.2) is 6.61 Å². The number of carbonyl (C=O) groups excluding carboxylic acids is 3. The van der Waals surface area contributed by atoms with Crippen LogP contribution in [0.3, 0.4) is 0 Å². The number of nitrogens with one attached hydrogen (secondary N) is 5. The van der Waals surface area contributed by atoms with Gasteiger partial charge in [-0.2, -0.15) is 28.1 Å². The number of hydrogen-bond donors (Lipinski definition) is 6. The number of carboxylic acid groups (broad SMARTS) is 1. The summed E-state index contributed by atoms with van der Waals surface area (Å²) in [4.78, 5) is 66.4. The van der Waals surface area contributed by atoms with E-state index in [2.05, 4.69) is 67.3 Å². The fourth-order valence-electron chi connectivity index (χ4n) is 5.86. The van der Waals surface area contributed by atoms with E-state index in [1.807, 2.05) is 36.4 Å². The van der Waals surface area contributed by atoms with E-state index in [4.69, 9.17) is 21.1 Å². The van der Waals surface area contributed by atoms with Crippen molar-refractivity contribution in [2.45, 2.75) is 63.2 Å². The summed E-state index contributed by atoms with van der Waals surface area (Å²) in [6.07, 6.45) is -2.22. The highest BCUT2D eigenvalue weighted by molar-refractivity contribution is 6.39. The standard InChI is InChI=1S/C42H41ClF3N9O7/c1-40(2,3)25-8-15-30(16-9-25)62-32-17-14-29(22-48-32)49-35(58)34(57)47-21-18-31(36(59)60)51-33(56)24-4-12-28(13-5-24)50-37-52-38(54-39(53-37)61-23-42(44,45)46)55-41(19-20-41)26-6-10-27(43)11-7-26/h4-17,22,31H,18-21,23H2,1-3H3,(H,47,57)(H,49,58)(H,51,56)(H,59,60)(H2,50,52,53,54,55)/t31-/m0/s1. The molecule has 2 aromatic heterocycles. The number of carbonyl (C=O) groups is 4. The second-order valence-corrected chi connectivity index (χ2v) is 15.6. The van der Waals surface area contributed by atoms with E-state index >= 15 is 0 Å². The number of rotatable bonds is 16. The summed E-state index contributed by atoms with van der Waals surface area (Å²) >= 11 is 6.03. The van der Waals surface area contributed by atoms with Gasteiger partial charge in [-0.05, 0) is 90.4 Å². The van der Waals surface area contributed by atoms with Gasteiger partial charge in [-0.15, -0.1) is 0 Å². The number of pyridine rings is 1. The molecule has 3 aromatic carbocycles. The van der Waals surface area contributed by atoms with Gasteiger partial charge in [0.2, 0.25) is 17.8 Å². The van der Waals surface area contributed by atoms with Crippen molar-refractivity contribution >= 4 is 58.6 Å². The van der Waals surface area contributed by atoms with Gasteiger partial charge < -0.3 is 41.2 Å². The van der Waals surface area contributed by atoms with Crippen LogP contribution in [-0.2, 0) is 25.3 Å². The molecule has 5 aromatic rings. The van der Waals surface area contributed by atoms with Gasteiger partial charge in [-0.25, -0.2) is 9.78 Å². The first-order chi connectivity index (χ1) is 29.3. The number of ether oxygens (including phenoxy) is 2. The quantitative estimate of drug-likeness (QED) is 0.0545. The van der Waals surface area contributed by atoms with Crippen molar-refractivity contribution in [3.63, 3.8) is 0 Å². The predicted molar refractivity (Wildman–Crippen MR) is 222 cm³/mol. The third-order valence-electron chi connectivity index (χ3n) is 9.35. The summed E-state index contributed by atoms with van der Waals surface area (Å²) in [5.41, 5.74) is 2.01. The SMILES string of the molecule is CC(C)(C)c1ccc(Oc2ccc(NC(=O)C(=O)NCC[C@H](NC(=O)c3ccc(Nc4nc(NC5(c6ccc(Cl)cc6)CC5)nc(OCC(F)(F)F)n4)cc3)C(=O)O)cn2)cc1. The lowest BCUT2D eigenvalue weighted by Gasteiger charge is -2.19. The molecule has 1 aliphatic rings. The molecule has 324 valence electrons. The first kappa shape index (κ1) is 44.5. The van der Waals surface area contributed by atoms with Crippen molar-refractivity contribution in [1.82, 2.24) is 30.6 Å². The topological polar surface area (TPSA) is 219 Å². The molecule has 3 amide bonds. The van der Waals surface area contributed by atoms with Crippen LogP contribution in [0, 0.1) is 0 Å². The Bertz CT molecular complexity index is 2390. The molecule has 0 aliphatic heterocycles. The number of amides is 3. The number of nitrogens with zero attached hydrogens (tertiary/aromatic N) is 4. The molecule has 20 heteroatoms. The molecule has 0 spiro atoms. The van der Waals surface area contributed by atoms with Gasteiger partial charge in [0.1, 0.15) is 11.8 Å². The number of aromatic nitrogens is 4. The lowest BCUT2D eigenvalue weighted by Crippen LogP contribution is -2.44. The zero-order chi connectivity index (χ0) is 44.7. The van der Waals surface area contributed by atoms with Gasteiger partial charge in [0, 0.05) is 28.9 Å². The van der Waals surface area contributed by atoms with E-state index in [9.17, 15) is 37.5 Å². The second kappa shape index (κ2) is 18.7. The molecule has 6 N–H and O–H groups in total. The largest absolute Gasteiger partial charge is 0.480 e. The molecule has 0 radical (unpaired) electrons. The highest BCUT2D eigenvalue weighted by atomic mass is 35.5. The summed E-state index contributed by atoms with van der Waals surface area (Å²) in [5, 5.41) is 23.4. The van der Waals surface area contributed by atoms with Crippen molar-refractivity contribution in [2.24, 2.45) is 0 Å². The summed E-state index contributed by atoms with van der Waals surface area (Å²) in [7, 11) is 0. The maximum Gasteiger partial charge on any atom is 0.422 e. The number of aliphatic carboxylic acids is 1. The Labute approximate surface area is 358 Å². The summed E-state index contributed by atoms with van der Waals surface area (Å²) in [5.74, 6) is -3.60. The maximum absolute atomic E-state index is 13.0. The molecule has 0 unspecified atom stereocenters. The fourth-order valence-corrected chi connectivity index (χ4v) is 5.99. The Balaban J connectivity index is 0.995. The average molecular weight is 876 g/mol. The van der Waals surface area contributed by atoms with Gasteiger partial charge in [-0.3, -0.25) is 14.4 Å². The lowest BCUT2D eigenvalue weighted by atomic mass is 9.87. The molecule has 1 aliphatic carbocycles. The van der Waals surface area contributed by atoms with Crippen LogP contribution in [0.15, 0.2) is 91.1 Å². The molecular formula is C42H41ClF3N9O7. The minimum Gasteiger partial charge on any atom is -0.480 e. The van der Waals surface area contributed by atoms with Crippen molar-refractivity contribution in [2.75, 3.05) is 29.1 Å². The Morgan fingerprint density at radius 3 is 2.10 bits per heavy atom. The van der Waals surface area contributed by atoms with Gasteiger partial charge in [0.05, 0.1) is 17.4 Å². The minimum absolute atomic E-state index is 0.0165. The molecule has 1 atom stereocenters. The van der Waals surface area contributed by atoms with Crippen LogP contribution in [-0.4, -0.2) is 74.1 Å². The Hall–Kier alpha value is -7.02. The number of carboxylic acids is 1. The molecule has 2 heterocycles. The number of hydrogen-bond acceptors (Lipinski definition) is 12. The third-order valence-corrected chi connectivity index (χ3v) is 9.60. The van der Waals surface area contributed by atoms with Crippen molar-refractivity contribution in [3.05, 3.63) is 113 Å². The van der Waals surface area contributed by atoms with Crippen molar-refractivity contribution < 1.29 is 46.9 Å². The summed E-state index contributed by atoms with van der Waals surface area (Å²) in [6.45, 7) is 4.39. The van der Waals surface area contributed by atoms with E-state index in [1.165, 1.54) is 42.6 Å². The molecule has 62 heavy (non-hydrogen) atoms. The maximum atomic E-state index is 13.0. The van der Waals surface area contributed by atoms with Crippen LogP contribution in [0.4, 0.5) is 36.4 Å². The Morgan fingerprint density at radius 1 is 0.839 bits per heavy atom. The van der Waals surface area contributed by atoms with E-state index in [1.54, 1.807) is 12.1 Å². The van der Waals surface area contributed by atoms with Crippen LogP contribution in [0.25, 0.3) is 0 Å². The van der Waals surface area contributed by atoms with Crippen LogP contribution >= 0.6 is 11.6 Å². The second-order valence-electron chi connectivity index (χ2n) is 15.2. The molecular weight excluding hydrogens is 835 g/mol. The minimum atomic E-state index is -4.65. The predicted octanol–water partition coefficient (Wildman–Crippen LogP) is 7.12. The van der Waals surface area contributed by atoms with E-state index in [0.717, 1.165) is 11.1 Å². The van der Waals surface area contributed by atoms with Gasteiger partial charge in [0.25, 0.3) is 5.91 Å². The van der Waals surface area contributed by atoms with Crippen molar-refractivity contribution in [3.8, 4) is 17.6 Å². The lowest BCUT2D eigenvalue weighted by molar-refractivity contribution is -0.154. The zero-order valence-corrected chi connectivity index (χ0v) is 34.2. The van der Waals surface area contributed by atoms with Gasteiger partial charge in [-0.1, -0.05) is 56.6 Å². The number of alkyl halides is 3. The summed E-state index contributed by atoms with van der Waals surface area (Å²) < 4.78 is 49.5. The van der Waals surface area contributed by atoms with Crippen molar-refractivity contribution in [1.29, 1.82) is 0 Å². The van der Waals surface area contributed by atoms with Crippen LogP contribution < -0.4 is 36.1 Å². The van der Waals surface area contributed by atoms with E-state index in [0.29, 0.717) is 29.3 Å². The molecule has 16 nitrogen and oxygen atoms in total. The molecule has 1 fully saturated rings. The fraction of sp³-hybridized carbons (Fsp3) is 0.286. The first-order valence-corrected chi connectivity index (χ1v) is 19.5. The average Bonchev–Trinajstić information content (AvgIpc) is 4.00. The van der Waals surface area contributed by atoms with Crippen LogP contribution in [0.2, 0.25) is 5.02 Å². The Morgan fingerprint density at radius 2 is 1.50 bits per heavy atom. The molecule has 6 rings (SSSR count). The van der Waals surface area contributed by atoms with Crippen LogP contribution in [0.5, 0.6) is 17.6 Å². The highest BCUT2D eigenvalue weighted by Gasteiger charge is 2.45. The third kappa shape index (κ3) is 12.5. The number of halogens is 4. The van der Waals surface area contributed by atoms with Gasteiger partial charge >= 0.3 is 30.0 Å². The monoisotopic (exact) mass is 875 g/mol. The normalized spacial score (nSPS) is 13.5. The molecule has 1 saturated carbocycles. The zero-order valence-electron chi connectivity index (χ0n) is 33.5. The summed E-state index contributed by atoms with van der Waals surface area (Å²) in [6, 6.07) is 21.2. The van der Waals surface area contributed by atoms with E-state index < -0.39 is 54.1 Å². The number of benzene rings is 3. The number of anilines is 4. The Kier molecular flexibility index (Phi) is 13.4. The van der Waals surface area contributed by atoms with E-state index in [-0.39, 0.29) is 47.4 Å². The van der Waals surface area contributed by atoms with Crippen LogP contribution in [0.1, 0.15) is 61.5 Å².